The zero-order valence-electron chi connectivity index (χ0n) is 21.2. The van der Waals surface area contributed by atoms with Crippen LogP contribution in [0.4, 0.5) is 5.69 Å². The molecule has 1 amide bonds. The highest BCUT2D eigenvalue weighted by molar-refractivity contribution is 6.46. The highest BCUT2D eigenvalue weighted by atomic mass is 35.5. The van der Waals surface area contributed by atoms with E-state index in [1.807, 2.05) is 55.4 Å². The summed E-state index contributed by atoms with van der Waals surface area (Å²) in [7, 11) is 6.80. The fourth-order valence-corrected chi connectivity index (χ4v) is 4.66. The summed E-state index contributed by atoms with van der Waals surface area (Å²) in [4.78, 5) is 30.2. The Balaban J connectivity index is 1.85. The molecule has 37 heavy (non-hydrogen) atoms. The summed E-state index contributed by atoms with van der Waals surface area (Å²) in [6.07, 6.45) is 0.508. The number of carbonyl (C=O) groups is 2. The quantitative estimate of drug-likeness (QED) is 0.253. The Labute approximate surface area is 221 Å². The molecule has 0 aliphatic carbocycles. The second-order valence-electron chi connectivity index (χ2n) is 8.89. The Kier molecular flexibility index (Phi) is 7.74. The maximum Gasteiger partial charge on any atom is 0.295 e. The van der Waals surface area contributed by atoms with Crippen LogP contribution < -0.4 is 14.4 Å². The summed E-state index contributed by atoms with van der Waals surface area (Å²) >= 11 is 6.01. The molecule has 1 unspecified atom stereocenters. The molecule has 3 aromatic rings. The van der Waals surface area contributed by atoms with Gasteiger partial charge in [-0.3, -0.25) is 9.59 Å². The third-order valence-electron chi connectivity index (χ3n) is 6.48. The van der Waals surface area contributed by atoms with Crippen molar-refractivity contribution in [2.24, 2.45) is 0 Å². The third-order valence-corrected chi connectivity index (χ3v) is 6.74. The van der Waals surface area contributed by atoms with E-state index in [2.05, 4.69) is 0 Å². The lowest BCUT2D eigenvalue weighted by atomic mass is 9.94. The number of Topliss-reactive ketones (excluding diaryl/α,β-unsaturated/α-hetero) is 1. The fourth-order valence-electron chi connectivity index (χ4n) is 4.53. The number of aliphatic hydroxyl groups is 1. The van der Waals surface area contributed by atoms with E-state index in [1.54, 1.807) is 30.3 Å². The van der Waals surface area contributed by atoms with Crippen LogP contribution in [-0.4, -0.2) is 56.6 Å². The third kappa shape index (κ3) is 5.13. The number of amides is 1. The van der Waals surface area contributed by atoms with E-state index >= 15 is 0 Å². The van der Waals surface area contributed by atoms with Gasteiger partial charge >= 0.3 is 0 Å². The Bertz CT molecular complexity index is 1310. The van der Waals surface area contributed by atoms with E-state index in [1.165, 1.54) is 19.1 Å². The van der Waals surface area contributed by atoms with Crippen molar-refractivity contribution in [2.45, 2.75) is 12.5 Å². The molecule has 0 bridgehead atoms. The van der Waals surface area contributed by atoms with Crippen LogP contribution in [0.5, 0.6) is 11.5 Å². The second-order valence-corrected chi connectivity index (χ2v) is 9.33. The van der Waals surface area contributed by atoms with Gasteiger partial charge in [-0.1, -0.05) is 41.9 Å². The number of aliphatic hydroxyl groups excluding tert-OH is 1. The molecule has 1 fully saturated rings. The number of ether oxygens (including phenoxy) is 2. The Morgan fingerprint density at radius 1 is 0.946 bits per heavy atom. The Morgan fingerprint density at radius 3 is 2.08 bits per heavy atom. The van der Waals surface area contributed by atoms with Crippen molar-refractivity contribution in [3.8, 4) is 11.5 Å². The minimum absolute atomic E-state index is 0.0125. The van der Waals surface area contributed by atoms with Gasteiger partial charge in [0.25, 0.3) is 11.7 Å². The lowest BCUT2D eigenvalue weighted by molar-refractivity contribution is -0.139. The first-order chi connectivity index (χ1) is 17.8. The molecule has 1 N–H and O–H groups in total. The number of methoxy groups -OCH3 is 2. The van der Waals surface area contributed by atoms with Crippen LogP contribution in [-0.2, 0) is 16.0 Å². The van der Waals surface area contributed by atoms with Gasteiger partial charge in [0.1, 0.15) is 22.8 Å². The maximum atomic E-state index is 13.4. The lowest BCUT2D eigenvalue weighted by Crippen LogP contribution is -2.31. The average Bonchev–Trinajstić information content (AvgIpc) is 3.16. The van der Waals surface area contributed by atoms with E-state index in [0.29, 0.717) is 28.5 Å². The maximum absolute atomic E-state index is 13.4. The van der Waals surface area contributed by atoms with Crippen LogP contribution in [0.25, 0.3) is 5.76 Å². The van der Waals surface area contributed by atoms with E-state index in [4.69, 9.17) is 21.1 Å². The van der Waals surface area contributed by atoms with Gasteiger partial charge in [-0.2, -0.15) is 0 Å². The van der Waals surface area contributed by atoms with Gasteiger partial charge in [0.2, 0.25) is 0 Å². The zero-order valence-corrected chi connectivity index (χ0v) is 22.0. The average molecular weight is 521 g/mol. The summed E-state index contributed by atoms with van der Waals surface area (Å²) in [5.41, 5.74) is 2.85. The van der Waals surface area contributed by atoms with Gasteiger partial charge in [0.05, 0.1) is 25.8 Å². The molecule has 1 saturated heterocycles. The molecule has 192 valence electrons. The number of carbonyl (C=O) groups excluding carboxylic acids is 2. The minimum Gasteiger partial charge on any atom is -0.506 e. The van der Waals surface area contributed by atoms with E-state index in [-0.39, 0.29) is 23.4 Å². The molecule has 0 saturated carbocycles. The van der Waals surface area contributed by atoms with Gasteiger partial charge in [-0.15, -0.1) is 0 Å². The Morgan fingerprint density at radius 2 is 1.54 bits per heavy atom. The molecule has 0 radical (unpaired) electrons. The molecule has 8 heteroatoms. The zero-order chi connectivity index (χ0) is 26.7. The number of hydrogen-bond acceptors (Lipinski definition) is 6. The molecular weight excluding hydrogens is 492 g/mol. The molecule has 1 aliphatic heterocycles. The van der Waals surface area contributed by atoms with Crippen molar-refractivity contribution in [1.82, 2.24) is 4.90 Å². The van der Waals surface area contributed by atoms with Crippen molar-refractivity contribution < 1.29 is 24.2 Å². The van der Waals surface area contributed by atoms with Crippen LogP contribution in [0.1, 0.15) is 22.7 Å². The fraction of sp³-hybridized carbons (Fsp3) is 0.241. The normalized spacial score (nSPS) is 16.7. The molecule has 1 atom stereocenters. The highest BCUT2D eigenvalue weighted by Crippen LogP contribution is 2.43. The van der Waals surface area contributed by atoms with Crippen molar-refractivity contribution in [3.63, 3.8) is 0 Å². The van der Waals surface area contributed by atoms with Gasteiger partial charge in [-0.05, 0) is 53.9 Å². The van der Waals surface area contributed by atoms with Gasteiger partial charge in [0.15, 0.2) is 0 Å². The van der Waals surface area contributed by atoms with Crippen molar-refractivity contribution in [3.05, 3.63) is 94.0 Å². The smallest absolute Gasteiger partial charge is 0.295 e. The van der Waals surface area contributed by atoms with Gasteiger partial charge < -0.3 is 24.4 Å². The lowest BCUT2D eigenvalue weighted by Gasteiger charge is -2.26. The number of likely N-dealkylation sites (tertiary alicyclic amines) is 1. The number of benzene rings is 3. The number of ketones is 1. The second kappa shape index (κ2) is 11.0. The van der Waals surface area contributed by atoms with Crippen LogP contribution in [0.2, 0.25) is 5.02 Å². The number of halogens is 1. The van der Waals surface area contributed by atoms with Crippen molar-refractivity contribution >= 4 is 34.7 Å². The van der Waals surface area contributed by atoms with Crippen LogP contribution in [0.15, 0.2) is 72.3 Å². The summed E-state index contributed by atoms with van der Waals surface area (Å²) < 4.78 is 10.9. The molecule has 0 spiro atoms. The van der Waals surface area contributed by atoms with Crippen LogP contribution in [0, 0.1) is 0 Å². The minimum atomic E-state index is -0.793. The SMILES string of the molecule is COc1cccc(OC)c1/C(O)=C1\C(=O)C(=O)N(CCc2ccc(Cl)cc2)C1c1ccc(N(C)C)cc1. The topological polar surface area (TPSA) is 79.3 Å². The number of rotatable bonds is 8. The summed E-state index contributed by atoms with van der Waals surface area (Å²) in [5, 5.41) is 12.2. The molecule has 1 aliphatic rings. The first kappa shape index (κ1) is 26.1. The molecular formula is C29H29ClN2O5. The first-order valence-electron chi connectivity index (χ1n) is 11.8. The largest absolute Gasteiger partial charge is 0.506 e. The molecule has 3 aromatic carbocycles. The van der Waals surface area contributed by atoms with Gasteiger partial charge in [0, 0.05) is 31.4 Å². The summed E-state index contributed by atoms with van der Waals surface area (Å²) in [6.45, 7) is 0.270. The van der Waals surface area contributed by atoms with Crippen molar-refractivity contribution in [2.75, 3.05) is 39.8 Å². The van der Waals surface area contributed by atoms with E-state index in [9.17, 15) is 14.7 Å². The monoisotopic (exact) mass is 520 g/mol. The summed E-state index contributed by atoms with van der Waals surface area (Å²) in [5.74, 6) is -1.13. The van der Waals surface area contributed by atoms with E-state index in [0.717, 1.165) is 11.3 Å². The van der Waals surface area contributed by atoms with Crippen LogP contribution >= 0.6 is 11.6 Å². The number of hydrogen-bond donors (Lipinski definition) is 1. The van der Waals surface area contributed by atoms with Gasteiger partial charge in [-0.25, -0.2) is 0 Å². The molecule has 0 aromatic heterocycles. The summed E-state index contributed by atoms with van der Waals surface area (Å²) in [6, 6.07) is 19.2. The van der Waals surface area contributed by atoms with E-state index < -0.39 is 17.7 Å². The Hall–Kier alpha value is -3.97. The standard InChI is InChI=1S/C29H29ClN2O5/c1-31(2)21-14-10-19(11-15-21)26-25(27(33)24-22(36-3)6-5-7-23(24)37-4)28(34)29(35)32(26)17-16-18-8-12-20(30)13-9-18/h5-15,26,33H,16-17H2,1-4H3/b27-25+. The van der Waals surface area contributed by atoms with Crippen LogP contribution in [0.3, 0.4) is 0 Å². The number of anilines is 1. The highest BCUT2D eigenvalue weighted by Gasteiger charge is 2.46. The predicted octanol–water partition coefficient (Wildman–Crippen LogP) is 5.09. The predicted molar refractivity (Wildman–Crippen MR) is 144 cm³/mol. The number of nitrogens with zero attached hydrogens (tertiary/aromatic N) is 2. The molecule has 4 rings (SSSR count). The van der Waals surface area contributed by atoms with Crippen molar-refractivity contribution in [1.29, 1.82) is 0 Å². The molecule has 1 heterocycles. The molecule has 7 nitrogen and oxygen atoms in total. The first-order valence-corrected chi connectivity index (χ1v) is 12.2.